The van der Waals surface area contributed by atoms with Crippen molar-refractivity contribution >= 4 is 39.1 Å². The third-order valence-corrected chi connectivity index (χ3v) is 3.99. The van der Waals surface area contributed by atoms with Gasteiger partial charge in [0.2, 0.25) is 0 Å². The van der Waals surface area contributed by atoms with Gasteiger partial charge in [0.05, 0.1) is 0 Å². The number of hydrogen-bond acceptors (Lipinski definition) is 1. The first kappa shape index (κ1) is 14.9. The lowest BCUT2D eigenvalue weighted by molar-refractivity contribution is 0.575. The van der Waals surface area contributed by atoms with Crippen LogP contribution in [0.4, 0.5) is 0 Å². The number of halogens is 3. The van der Waals surface area contributed by atoms with Crippen molar-refractivity contribution in [3.8, 4) is 0 Å². The van der Waals surface area contributed by atoms with Crippen LogP contribution in [0.3, 0.4) is 0 Å². The minimum absolute atomic E-state index is 0.180. The van der Waals surface area contributed by atoms with Crippen molar-refractivity contribution < 1.29 is 0 Å². The van der Waals surface area contributed by atoms with E-state index in [-0.39, 0.29) is 6.04 Å². The zero-order valence-electron chi connectivity index (χ0n) is 10.5. The van der Waals surface area contributed by atoms with E-state index in [2.05, 4.69) is 34.2 Å². The zero-order chi connectivity index (χ0) is 13.8. The standard InChI is InChI=1S/C15H14BrCl2N/c1-10(14-6-5-12(16)8-15(14)18)19-9-11-3-2-4-13(17)7-11/h2-8,10,19H,9H2,1H3. The molecule has 100 valence electrons. The first-order valence-electron chi connectivity index (χ1n) is 5.99. The Bertz CT molecular complexity index is 572. The molecule has 0 aliphatic carbocycles. The molecule has 1 unspecified atom stereocenters. The van der Waals surface area contributed by atoms with Crippen LogP contribution in [0.25, 0.3) is 0 Å². The number of nitrogens with one attached hydrogen (secondary N) is 1. The van der Waals surface area contributed by atoms with Crippen molar-refractivity contribution in [1.82, 2.24) is 5.32 Å². The van der Waals surface area contributed by atoms with E-state index in [1.807, 2.05) is 36.4 Å². The SMILES string of the molecule is CC(NCc1cccc(Cl)c1)c1ccc(Br)cc1Cl. The summed E-state index contributed by atoms with van der Waals surface area (Å²) in [5, 5.41) is 4.97. The van der Waals surface area contributed by atoms with Gasteiger partial charge in [-0.05, 0) is 42.3 Å². The van der Waals surface area contributed by atoms with Crippen molar-refractivity contribution in [2.75, 3.05) is 0 Å². The van der Waals surface area contributed by atoms with Crippen LogP contribution in [0.1, 0.15) is 24.1 Å². The number of rotatable bonds is 4. The lowest BCUT2D eigenvalue weighted by atomic mass is 10.1. The number of hydrogen-bond donors (Lipinski definition) is 1. The maximum Gasteiger partial charge on any atom is 0.0464 e. The largest absolute Gasteiger partial charge is 0.306 e. The fourth-order valence-corrected chi connectivity index (χ4v) is 2.93. The van der Waals surface area contributed by atoms with Crippen molar-refractivity contribution in [3.63, 3.8) is 0 Å². The van der Waals surface area contributed by atoms with Crippen LogP contribution >= 0.6 is 39.1 Å². The smallest absolute Gasteiger partial charge is 0.0464 e. The van der Waals surface area contributed by atoms with Crippen LogP contribution < -0.4 is 5.32 Å². The summed E-state index contributed by atoms with van der Waals surface area (Å²) < 4.78 is 0.989. The van der Waals surface area contributed by atoms with Crippen LogP contribution in [0.2, 0.25) is 10.0 Å². The summed E-state index contributed by atoms with van der Waals surface area (Å²) >= 11 is 15.6. The van der Waals surface area contributed by atoms with Gasteiger partial charge in [-0.1, -0.05) is 57.3 Å². The molecule has 0 spiro atoms. The first-order chi connectivity index (χ1) is 9.06. The van der Waals surface area contributed by atoms with Gasteiger partial charge in [0.25, 0.3) is 0 Å². The van der Waals surface area contributed by atoms with Crippen LogP contribution in [-0.4, -0.2) is 0 Å². The summed E-state index contributed by atoms with van der Waals surface area (Å²) in [5.74, 6) is 0. The Labute approximate surface area is 132 Å². The van der Waals surface area contributed by atoms with Crippen molar-refractivity contribution in [2.24, 2.45) is 0 Å². The van der Waals surface area contributed by atoms with E-state index < -0.39 is 0 Å². The molecule has 1 N–H and O–H groups in total. The molecule has 4 heteroatoms. The second-order valence-corrected chi connectivity index (χ2v) is 6.16. The van der Waals surface area contributed by atoms with E-state index in [1.165, 1.54) is 0 Å². The lowest BCUT2D eigenvalue weighted by Crippen LogP contribution is -2.18. The van der Waals surface area contributed by atoms with Gasteiger partial charge in [-0.3, -0.25) is 0 Å². The van der Waals surface area contributed by atoms with Crippen molar-refractivity contribution in [3.05, 3.63) is 68.1 Å². The Balaban J connectivity index is 2.03. The van der Waals surface area contributed by atoms with Crippen LogP contribution in [0.5, 0.6) is 0 Å². The van der Waals surface area contributed by atoms with Gasteiger partial charge in [0, 0.05) is 27.1 Å². The Hall–Kier alpha value is -0.540. The Morgan fingerprint density at radius 1 is 1.16 bits per heavy atom. The molecule has 0 bridgehead atoms. The minimum atomic E-state index is 0.180. The molecule has 0 radical (unpaired) electrons. The van der Waals surface area contributed by atoms with Gasteiger partial charge in [-0.2, -0.15) is 0 Å². The fourth-order valence-electron chi connectivity index (χ4n) is 1.88. The molecule has 19 heavy (non-hydrogen) atoms. The van der Waals surface area contributed by atoms with E-state index in [9.17, 15) is 0 Å². The molecule has 1 atom stereocenters. The molecule has 1 nitrogen and oxygen atoms in total. The zero-order valence-corrected chi connectivity index (χ0v) is 13.6. The summed E-state index contributed by atoms with van der Waals surface area (Å²) in [6.45, 7) is 2.85. The van der Waals surface area contributed by atoms with Gasteiger partial charge < -0.3 is 5.32 Å². The second kappa shape index (κ2) is 6.76. The normalized spacial score (nSPS) is 12.4. The quantitative estimate of drug-likeness (QED) is 0.749. The Morgan fingerprint density at radius 2 is 1.95 bits per heavy atom. The van der Waals surface area contributed by atoms with E-state index in [1.54, 1.807) is 0 Å². The summed E-state index contributed by atoms with van der Waals surface area (Å²) in [7, 11) is 0. The molecule has 0 aliphatic rings. The molecule has 2 rings (SSSR count). The van der Waals surface area contributed by atoms with Crippen LogP contribution in [0.15, 0.2) is 46.9 Å². The molecule has 0 heterocycles. The predicted octanol–water partition coefficient (Wildman–Crippen LogP) is 5.61. The average molecular weight is 359 g/mol. The van der Waals surface area contributed by atoms with Gasteiger partial charge in [-0.15, -0.1) is 0 Å². The minimum Gasteiger partial charge on any atom is -0.306 e. The lowest BCUT2D eigenvalue weighted by Gasteiger charge is -2.16. The number of benzene rings is 2. The van der Waals surface area contributed by atoms with E-state index in [4.69, 9.17) is 23.2 Å². The Kier molecular flexibility index (Phi) is 5.28. The maximum absolute atomic E-state index is 6.24. The Morgan fingerprint density at radius 3 is 2.63 bits per heavy atom. The molecule has 0 saturated heterocycles. The van der Waals surface area contributed by atoms with Gasteiger partial charge in [0.1, 0.15) is 0 Å². The molecule has 0 aromatic heterocycles. The third kappa shape index (κ3) is 4.22. The molecule has 0 amide bonds. The first-order valence-corrected chi connectivity index (χ1v) is 7.54. The van der Waals surface area contributed by atoms with E-state index in [0.29, 0.717) is 0 Å². The van der Waals surface area contributed by atoms with Crippen LogP contribution in [-0.2, 0) is 6.54 Å². The predicted molar refractivity (Wildman–Crippen MR) is 85.9 cm³/mol. The van der Waals surface area contributed by atoms with E-state index in [0.717, 1.165) is 32.2 Å². The molecule has 2 aromatic carbocycles. The molecular formula is C15H14BrCl2N. The molecule has 0 saturated carbocycles. The third-order valence-electron chi connectivity index (χ3n) is 2.93. The van der Waals surface area contributed by atoms with Gasteiger partial charge in [-0.25, -0.2) is 0 Å². The molecular weight excluding hydrogens is 345 g/mol. The molecule has 2 aromatic rings. The molecule has 0 aliphatic heterocycles. The van der Waals surface area contributed by atoms with Gasteiger partial charge in [0.15, 0.2) is 0 Å². The fraction of sp³-hybridized carbons (Fsp3) is 0.200. The van der Waals surface area contributed by atoms with Crippen molar-refractivity contribution in [1.29, 1.82) is 0 Å². The van der Waals surface area contributed by atoms with Crippen molar-refractivity contribution in [2.45, 2.75) is 19.5 Å². The summed E-state index contributed by atoms with van der Waals surface area (Å²) in [5.41, 5.74) is 2.25. The maximum atomic E-state index is 6.24. The van der Waals surface area contributed by atoms with Crippen LogP contribution in [0, 0.1) is 0 Å². The second-order valence-electron chi connectivity index (χ2n) is 4.40. The highest BCUT2D eigenvalue weighted by molar-refractivity contribution is 9.10. The summed E-state index contributed by atoms with van der Waals surface area (Å²) in [6, 6.07) is 14.0. The highest BCUT2D eigenvalue weighted by Gasteiger charge is 2.09. The highest BCUT2D eigenvalue weighted by Crippen LogP contribution is 2.26. The highest BCUT2D eigenvalue weighted by atomic mass is 79.9. The topological polar surface area (TPSA) is 12.0 Å². The monoisotopic (exact) mass is 357 g/mol. The average Bonchev–Trinajstić information content (AvgIpc) is 2.36. The van der Waals surface area contributed by atoms with Gasteiger partial charge >= 0.3 is 0 Å². The summed E-state index contributed by atoms with van der Waals surface area (Å²) in [4.78, 5) is 0. The molecule has 0 fully saturated rings. The van der Waals surface area contributed by atoms with E-state index >= 15 is 0 Å². The summed E-state index contributed by atoms with van der Waals surface area (Å²) in [6.07, 6.45) is 0.